The number of anilines is 1. The van der Waals surface area contributed by atoms with Crippen LogP contribution < -0.4 is 5.73 Å². The molecule has 0 fully saturated rings. The molecule has 0 spiro atoms. The number of rotatable bonds is 2. The number of nitrogen functional groups attached to an aromatic ring is 1. The molecule has 28 heavy (non-hydrogen) atoms. The lowest BCUT2D eigenvalue weighted by atomic mass is 10.2. The second-order valence-corrected chi connectivity index (χ2v) is 6.86. The van der Waals surface area contributed by atoms with E-state index < -0.39 is 6.10 Å². The molecule has 0 bridgehead atoms. The van der Waals surface area contributed by atoms with Crippen LogP contribution in [-0.4, -0.2) is 48.0 Å². The molecule has 0 aliphatic rings. The third-order valence-corrected chi connectivity index (χ3v) is 4.26. The Morgan fingerprint density at radius 3 is 2.07 bits per heavy atom. The summed E-state index contributed by atoms with van der Waals surface area (Å²) in [4.78, 5) is 4.02. The van der Waals surface area contributed by atoms with Crippen LogP contribution in [0.3, 0.4) is 0 Å². The van der Waals surface area contributed by atoms with Crippen LogP contribution in [0.2, 0.25) is 0 Å². The number of halogens is 4. The van der Waals surface area contributed by atoms with Crippen LogP contribution in [0.25, 0.3) is 10.9 Å². The molecule has 0 aliphatic carbocycles. The molecule has 0 saturated heterocycles. The predicted molar refractivity (Wildman–Crippen MR) is 114 cm³/mol. The van der Waals surface area contributed by atoms with Gasteiger partial charge in [0.05, 0.1) is 27.7 Å². The molecule has 0 unspecified atom stereocenters. The van der Waals surface area contributed by atoms with Crippen molar-refractivity contribution in [1.82, 2.24) is 4.98 Å². The maximum absolute atomic E-state index is 13.0. The first-order chi connectivity index (χ1) is 12.8. The molecule has 5 N–H and O–H groups in total. The van der Waals surface area contributed by atoms with Gasteiger partial charge < -0.3 is 21.1 Å². The first kappa shape index (κ1) is 26.4. The number of nitrogens with two attached hydrogens (primary N) is 1. The van der Waals surface area contributed by atoms with Crippen LogP contribution in [0, 0.1) is 11.6 Å². The normalized spacial score (nSPS) is 9.71. The Morgan fingerprint density at radius 2 is 1.57 bits per heavy atom. The molecule has 10 heteroatoms. The zero-order valence-electron chi connectivity index (χ0n) is 14.6. The number of aromatic nitrogens is 1. The zero-order valence-corrected chi connectivity index (χ0v) is 17.7. The lowest BCUT2D eigenvalue weighted by molar-refractivity contribution is 0.0450. The number of hydrogen-bond acceptors (Lipinski definition) is 5. The van der Waals surface area contributed by atoms with Crippen molar-refractivity contribution in [3.63, 3.8) is 0 Å². The third kappa shape index (κ3) is 9.07. The molecular formula is C18H18BBr2F2N2O3. The molecule has 2 aromatic carbocycles. The third-order valence-electron chi connectivity index (χ3n) is 3.01. The van der Waals surface area contributed by atoms with Crippen LogP contribution in [0.15, 0.2) is 57.6 Å². The Balaban J connectivity index is 0.000000409. The van der Waals surface area contributed by atoms with E-state index in [1.54, 1.807) is 24.4 Å². The van der Waals surface area contributed by atoms with Gasteiger partial charge in [-0.3, -0.25) is 4.98 Å². The van der Waals surface area contributed by atoms with E-state index in [4.69, 9.17) is 21.1 Å². The van der Waals surface area contributed by atoms with Gasteiger partial charge in [0.25, 0.3) is 0 Å². The molecule has 0 aliphatic heterocycles. The fourth-order valence-electron chi connectivity index (χ4n) is 1.64. The van der Waals surface area contributed by atoms with Gasteiger partial charge in [0.15, 0.2) is 0 Å². The van der Waals surface area contributed by atoms with Crippen molar-refractivity contribution >= 4 is 56.9 Å². The Bertz CT molecular complexity index is 831. The summed E-state index contributed by atoms with van der Waals surface area (Å²) in [6.07, 6.45) is 0.695. The van der Waals surface area contributed by atoms with Crippen molar-refractivity contribution in [3.8, 4) is 0 Å². The minimum Gasteiger partial charge on any atom is -0.399 e. The summed E-state index contributed by atoms with van der Waals surface area (Å²) in [6.45, 7) is -0.729. The van der Waals surface area contributed by atoms with Crippen LogP contribution in [-0.2, 0) is 0 Å². The monoisotopic (exact) mass is 517 g/mol. The van der Waals surface area contributed by atoms with Crippen molar-refractivity contribution < 1.29 is 24.1 Å². The Hall–Kier alpha value is -1.59. The summed E-state index contributed by atoms with van der Waals surface area (Å²) in [5, 5.41) is 25.0. The fourth-order valence-corrected chi connectivity index (χ4v) is 2.24. The SMILES string of the molecule is Fc1cc2ncccc2cc1Br.Nc1ccc(Br)c(F)c1.OCC(O)CO.[B]. The number of hydrogen-bond donors (Lipinski definition) is 4. The van der Waals surface area contributed by atoms with Crippen molar-refractivity contribution in [1.29, 1.82) is 0 Å². The number of nitrogens with zero attached hydrogens (tertiary/aromatic N) is 1. The smallest absolute Gasteiger partial charge is 0.139 e. The number of aliphatic hydroxyl groups excluding tert-OH is 3. The van der Waals surface area contributed by atoms with Gasteiger partial charge in [-0.05, 0) is 62.2 Å². The van der Waals surface area contributed by atoms with Crippen molar-refractivity contribution in [2.75, 3.05) is 18.9 Å². The van der Waals surface area contributed by atoms with Crippen LogP contribution in [0.5, 0.6) is 0 Å². The van der Waals surface area contributed by atoms with Gasteiger partial charge in [-0.15, -0.1) is 0 Å². The van der Waals surface area contributed by atoms with E-state index in [0.717, 1.165) is 5.39 Å². The molecule has 0 atom stereocenters. The number of pyridine rings is 1. The highest BCUT2D eigenvalue weighted by Crippen LogP contribution is 2.21. The number of benzene rings is 2. The van der Waals surface area contributed by atoms with Crippen LogP contribution in [0.4, 0.5) is 14.5 Å². The van der Waals surface area contributed by atoms with E-state index in [9.17, 15) is 8.78 Å². The molecule has 5 nitrogen and oxygen atoms in total. The number of fused-ring (bicyclic) bond motifs is 1. The molecule has 3 rings (SSSR count). The quantitative estimate of drug-likeness (QED) is 0.308. The van der Waals surface area contributed by atoms with Gasteiger partial charge >= 0.3 is 0 Å². The highest BCUT2D eigenvalue weighted by atomic mass is 79.9. The summed E-state index contributed by atoms with van der Waals surface area (Å²) < 4.78 is 26.3. The van der Waals surface area contributed by atoms with E-state index in [-0.39, 0.29) is 33.3 Å². The van der Waals surface area contributed by atoms with E-state index in [1.807, 2.05) is 12.1 Å². The summed E-state index contributed by atoms with van der Waals surface area (Å²) in [5.41, 5.74) is 6.39. The Labute approximate surface area is 180 Å². The van der Waals surface area contributed by atoms with Gasteiger partial charge in [-0.2, -0.15) is 0 Å². The predicted octanol–water partition coefficient (Wildman–Crippen LogP) is 3.26. The van der Waals surface area contributed by atoms with Gasteiger partial charge in [0.2, 0.25) is 0 Å². The van der Waals surface area contributed by atoms with Gasteiger partial charge in [0, 0.05) is 31.7 Å². The van der Waals surface area contributed by atoms with Crippen LogP contribution in [0.1, 0.15) is 0 Å². The first-order valence-corrected chi connectivity index (χ1v) is 9.17. The van der Waals surface area contributed by atoms with Gasteiger partial charge in [0.1, 0.15) is 17.7 Å². The first-order valence-electron chi connectivity index (χ1n) is 7.58. The molecule has 0 amide bonds. The minimum atomic E-state index is -0.954. The maximum atomic E-state index is 13.0. The van der Waals surface area contributed by atoms with Crippen molar-refractivity contribution in [2.45, 2.75) is 6.10 Å². The lowest BCUT2D eigenvalue weighted by Gasteiger charge is -1.97. The largest absolute Gasteiger partial charge is 0.399 e. The average molecular weight is 519 g/mol. The van der Waals surface area contributed by atoms with Gasteiger partial charge in [-0.1, -0.05) is 6.07 Å². The average Bonchev–Trinajstić information content (AvgIpc) is 2.66. The van der Waals surface area contributed by atoms with E-state index in [0.29, 0.717) is 20.1 Å². The number of aliphatic hydroxyl groups is 3. The topological polar surface area (TPSA) is 99.6 Å². The molecule has 1 heterocycles. The lowest BCUT2D eigenvalue weighted by Crippen LogP contribution is -2.15. The molecule has 3 aromatic rings. The van der Waals surface area contributed by atoms with Crippen molar-refractivity contribution in [3.05, 3.63) is 69.2 Å². The minimum absolute atomic E-state index is 0. The zero-order chi connectivity index (χ0) is 20.4. The van der Waals surface area contributed by atoms with E-state index >= 15 is 0 Å². The second-order valence-electron chi connectivity index (χ2n) is 5.15. The highest BCUT2D eigenvalue weighted by molar-refractivity contribution is 9.10. The standard InChI is InChI=1S/C9H5BrFN.C6H5BrFN.C3H8O3.B/c10-7-4-6-2-1-3-12-9(6)5-8(7)11;7-5-2-1-4(9)3-6(5)8;4-1-3(6)2-5;/h1-5H;1-3H,9H2;3-6H,1-2H2;. The van der Waals surface area contributed by atoms with E-state index in [1.165, 1.54) is 12.1 Å². The molecule has 0 saturated carbocycles. The van der Waals surface area contributed by atoms with Gasteiger partial charge in [-0.25, -0.2) is 8.78 Å². The second kappa shape index (κ2) is 13.6. The maximum Gasteiger partial charge on any atom is 0.139 e. The molecule has 149 valence electrons. The molecular weight excluding hydrogens is 501 g/mol. The summed E-state index contributed by atoms with van der Waals surface area (Å²) in [7, 11) is 0. The van der Waals surface area contributed by atoms with E-state index in [2.05, 4.69) is 36.8 Å². The highest BCUT2D eigenvalue weighted by Gasteiger charge is 2.01. The van der Waals surface area contributed by atoms with Crippen molar-refractivity contribution in [2.24, 2.45) is 0 Å². The Kier molecular flexibility index (Phi) is 12.8. The fraction of sp³-hybridized carbons (Fsp3) is 0.167. The summed E-state index contributed by atoms with van der Waals surface area (Å²) >= 11 is 6.11. The molecule has 3 radical (unpaired) electrons. The Morgan fingerprint density at radius 1 is 0.964 bits per heavy atom. The summed E-state index contributed by atoms with van der Waals surface area (Å²) in [6, 6.07) is 11.3. The van der Waals surface area contributed by atoms with Crippen LogP contribution >= 0.6 is 31.9 Å². The molecule has 1 aromatic heterocycles. The summed E-state index contributed by atoms with van der Waals surface area (Å²) in [5.74, 6) is -0.601.